The number of nitriles is 1. The normalized spacial score (nSPS) is 16.2. The van der Waals surface area contributed by atoms with E-state index < -0.39 is 6.04 Å². The summed E-state index contributed by atoms with van der Waals surface area (Å²) in [6.45, 7) is 2.12. The first-order valence-corrected chi connectivity index (χ1v) is 6.54. The molecule has 4 N–H and O–H groups in total. The van der Waals surface area contributed by atoms with Crippen molar-refractivity contribution in [1.82, 2.24) is 9.80 Å². The van der Waals surface area contributed by atoms with Gasteiger partial charge in [-0.05, 0) is 25.7 Å². The second-order valence-electron chi connectivity index (χ2n) is 4.68. The number of carbonyl (C=O) groups excluding carboxylic acids is 1. The van der Waals surface area contributed by atoms with E-state index in [1.54, 1.807) is 7.05 Å². The summed E-state index contributed by atoms with van der Waals surface area (Å²) in [6.07, 6.45) is 5.27. The molecule has 0 spiro atoms. The highest BCUT2D eigenvalue weighted by atomic mass is 35.5. The molecular formula is C12H23ClN6O. The van der Waals surface area contributed by atoms with Gasteiger partial charge in [-0.15, -0.1) is 12.4 Å². The van der Waals surface area contributed by atoms with Crippen LogP contribution < -0.4 is 11.5 Å². The lowest BCUT2D eigenvalue weighted by molar-refractivity contribution is -0.131. The Kier molecular flexibility index (Phi) is 8.68. The van der Waals surface area contributed by atoms with Crippen LogP contribution in [0.2, 0.25) is 0 Å². The van der Waals surface area contributed by atoms with Gasteiger partial charge >= 0.3 is 0 Å². The van der Waals surface area contributed by atoms with Gasteiger partial charge in [0.2, 0.25) is 11.9 Å². The van der Waals surface area contributed by atoms with E-state index in [0.29, 0.717) is 19.4 Å². The van der Waals surface area contributed by atoms with E-state index in [1.807, 2.05) is 11.1 Å². The third kappa shape index (κ3) is 5.63. The van der Waals surface area contributed by atoms with E-state index in [0.717, 1.165) is 25.9 Å². The fourth-order valence-electron chi connectivity index (χ4n) is 1.96. The Morgan fingerprint density at radius 1 is 1.50 bits per heavy atom. The van der Waals surface area contributed by atoms with E-state index in [2.05, 4.69) is 4.99 Å². The van der Waals surface area contributed by atoms with Crippen LogP contribution in [0.25, 0.3) is 0 Å². The van der Waals surface area contributed by atoms with Crippen molar-refractivity contribution in [1.29, 1.82) is 5.26 Å². The SMILES string of the molecule is CN(C#N)C(N)=NCCC[C@H](N)C(=O)N1CCCC1.Cl. The van der Waals surface area contributed by atoms with Crippen molar-refractivity contribution in [3.05, 3.63) is 0 Å². The summed E-state index contributed by atoms with van der Waals surface area (Å²) in [6, 6.07) is -0.455. The Morgan fingerprint density at radius 3 is 2.65 bits per heavy atom. The Morgan fingerprint density at radius 2 is 2.10 bits per heavy atom. The highest BCUT2D eigenvalue weighted by molar-refractivity contribution is 5.85. The second kappa shape index (κ2) is 9.39. The zero-order valence-electron chi connectivity index (χ0n) is 11.8. The van der Waals surface area contributed by atoms with Crippen LogP contribution in [0.5, 0.6) is 0 Å². The van der Waals surface area contributed by atoms with Crippen LogP contribution in [0.15, 0.2) is 4.99 Å². The zero-order chi connectivity index (χ0) is 14.3. The minimum absolute atomic E-state index is 0. The van der Waals surface area contributed by atoms with Gasteiger partial charge in [0.15, 0.2) is 6.19 Å². The van der Waals surface area contributed by atoms with Crippen molar-refractivity contribution in [2.75, 3.05) is 26.7 Å². The molecule has 1 heterocycles. The van der Waals surface area contributed by atoms with Crippen LogP contribution in [0.4, 0.5) is 0 Å². The van der Waals surface area contributed by atoms with E-state index in [9.17, 15) is 4.79 Å². The Balaban J connectivity index is 0.00000361. The molecule has 0 aromatic carbocycles. The highest BCUT2D eigenvalue weighted by Gasteiger charge is 2.22. The fourth-order valence-corrected chi connectivity index (χ4v) is 1.96. The van der Waals surface area contributed by atoms with Gasteiger partial charge in [0.1, 0.15) is 0 Å². The summed E-state index contributed by atoms with van der Waals surface area (Å²) in [5.74, 6) is 0.213. The average Bonchev–Trinajstić information content (AvgIpc) is 2.95. The van der Waals surface area contributed by atoms with E-state index in [1.165, 1.54) is 4.90 Å². The predicted molar refractivity (Wildman–Crippen MR) is 80.1 cm³/mol. The fraction of sp³-hybridized carbons (Fsp3) is 0.750. The van der Waals surface area contributed by atoms with Gasteiger partial charge in [-0.3, -0.25) is 14.7 Å². The average molecular weight is 303 g/mol. The van der Waals surface area contributed by atoms with Crippen molar-refractivity contribution in [2.24, 2.45) is 16.5 Å². The number of nitrogens with two attached hydrogens (primary N) is 2. The van der Waals surface area contributed by atoms with Gasteiger partial charge in [-0.2, -0.15) is 5.26 Å². The van der Waals surface area contributed by atoms with Gasteiger partial charge < -0.3 is 16.4 Å². The largest absolute Gasteiger partial charge is 0.369 e. The van der Waals surface area contributed by atoms with Gasteiger partial charge in [-0.25, -0.2) is 0 Å². The van der Waals surface area contributed by atoms with Crippen LogP contribution in [0.1, 0.15) is 25.7 Å². The van der Waals surface area contributed by atoms with Gasteiger partial charge in [0.05, 0.1) is 6.04 Å². The predicted octanol–water partition coefficient (Wildman–Crippen LogP) is -0.134. The first-order valence-electron chi connectivity index (χ1n) is 6.54. The summed E-state index contributed by atoms with van der Waals surface area (Å²) >= 11 is 0. The monoisotopic (exact) mass is 302 g/mol. The molecule has 0 unspecified atom stereocenters. The van der Waals surface area contributed by atoms with Crippen molar-refractivity contribution < 1.29 is 4.79 Å². The molecule has 1 atom stereocenters. The molecule has 1 rings (SSSR count). The summed E-state index contributed by atoms with van der Waals surface area (Å²) in [7, 11) is 1.54. The quantitative estimate of drug-likeness (QED) is 0.241. The Labute approximate surface area is 126 Å². The molecule has 0 aromatic heterocycles. The van der Waals surface area contributed by atoms with E-state index >= 15 is 0 Å². The standard InChI is InChI=1S/C12H22N6O.ClH/c1-17(9-13)12(15)16-6-4-5-10(14)11(19)18-7-2-3-8-18;/h10H,2-8,14H2,1H3,(H2,15,16);1H/t10-;/m0./s1. The highest BCUT2D eigenvalue weighted by Crippen LogP contribution is 2.10. The smallest absolute Gasteiger partial charge is 0.239 e. The molecule has 0 saturated carbocycles. The number of hydrogen-bond donors (Lipinski definition) is 2. The minimum Gasteiger partial charge on any atom is -0.369 e. The van der Waals surface area contributed by atoms with E-state index in [-0.39, 0.29) is 24.3 Å². The number of hydrogen-bond acceptors (Lipinski definition) is 4. The number of guanidine groups is 1. The number of amides is 1. The summed E-state index contributed by atoms with van der Waals surface area (Å²) in [4.78, 5) is 19.0. The zero-order valence-corrected chi connectivity index (χ0v) is 12.6. The number of nitrogens with zero attached hydrogens (tertiary/aromatic N) is 4. The molecule has 1 amide bonds. The van der Waals surface area contributed by atoms with Gasteiger partial charge in [0, 0.05) is 26.7 Å². The third-order valence-corrected chi connectivity index (χ3v) is 3.18. The molecule has 0 radical (unpaired) electrons. The molecule has 0 aromatic rings. The number of carbonyl (C=O) groups is 1. The first kappa shape index (κ1) is 18.5. The Bertz CT molecular complexity index is 375. The molecule has 1 aliphatic rings. The lowest BCUT2D eigenvalue weighted by atomic mass is 10.1. The molecule has 20 heavy (non-hydrogen) atoms. The van der Waals surface area contributed by atoms with Crippen LogP contribution >= 0.6 is 12.4 Å². The number of aliphatic imine (C=N–C) groups is 1. The first-order chi connectivity index (χ1) is 9.06. The van der Waals surface area contributed by atoms with Crippen LogP contribution in [0, 0.1) is 11.5 Å². The van der Waals surface area contributed by atoms with Crippen molar-refractivity contribution >= 4 is 24.3 Å². The number of likely N-dealkylation sites (tertiary alicyclic amines) is 1. The van der Waals surface area contributed by atoms with Crippen molar-refractivity contribution in [3.8, 4) is 6.19 Å². The van der Waals surface area contributed by atoms with Gasteiger partial charge in [-0.1, -0.05) is 0 Å². The van der Waals surface area contributed by atoms with E-state index in [4.69, 9.17) is 16.7 Å². The molecule has 0 aliphatic carbocycles. The molecular weight excluding hydrogens is 280 g/mol. The minimum atomic E-state index is -0.455. The van der Waals surface area contributed by atoms with Crippen molar-refractivity contribution in [3.63, 3.8) is 0 Å². The molecule has 1 fully saturated rings. The molecule has 1 saturated heterocycles. The number of rotatable bonds is 5. The molecule has 0 bridgehead atoms. The second-order valence-corrected chi connectivity index (χ2v) is 4.68. The Hall–Kier alpha value is -1.52. The molecule has 7 nitrogen and oxygen atoms in total. The van der Waals surface area contributed by atoms with Gasteiger partial charge in [0.25, 0.3) is 0 Å². The van der Waals surface area contributed by atoms with Crippen LogP contribution in [0.3, 0.4) is 0 Å². The maximum atomic E-state index is 11.9. The third-order valence-electron chi connectivity index (χ3n) is 3.18. The summed E-state index contributed by atoms with van der Waals surface area (Å²) < 4.78 is 0. The topological polar surface area (TPSA) is 112 Å². The van der Waals surface area contributed by atoms with Crippen LogP contribution in [-0.4, -0.2) is 54.4 Å². The molecule has 8 heteroatoms. The summed E-state index contributed by atoms with van der Waals surface area (Å²) in [5, 5.41) is 8.59. The van der Waals surface area contributed by atoms with Crippen molar-refractivity contribution in [2.45, 2.75) is 31.7 Å². The number of halogens is 1. The lowest BCUT2D eigenvalue weighted by Gasteiger charge is -2.19. The maximum absolute atomic E-state index is 11.9. The molecule has 1 aliphatic heterocycles. The maximum Gasteiger partial charge on any atom is 0.239 e. The lowest BCUT2D eigenvalue weighted by Crippen LogP contribution is -2.42. The summed E-state index contributed by atoms with van der Waals surface area (Å²) in [5.41, 5.74) is 11.4. The van der Waals surface area contributed by atoms with Crippen LogP contribution in [-0.2, 0) is 4.79 Å². The molecule has 114 valence electrons.